The Hall–Kier alpha value is -1.05. The molecular formula is C14H20F2N2O2S. The van der Waals surface area contributed by atoms with Gasteiger partial charge in [0.1, 0.15) is 11.6 Å². The highest BCUT2D eigenvalue weighted by molar-refractivity contribution is 7.88. The molecule has 1 aliphatic rings. The number of benzene rings is 1. The highest BCUT2D eigenvalue weighted by Gasteiger charge is 2.30. The smallest absolute Gasteiger partial charge is 0.211 e. The number of hydrogen-bond acceptors (Lipinski definition) is 3. The van der Waals surface area contributed by atoms with Crippen LogP contribution >= 0.6 is 0 Å². The normalized spacial score (nSPS) is 24.2. The minimum atomic E-state index is -3.17. The van der Waals surface area contributed by atoms with E-state index < -0.39 is 21.7 Å². The van der Waals surface area contributed by atoms with Crippen LogP contribution in [0.1, 0.15) is 18.9 Å². The summed E-state index contributed by atoms with van der Waals surface area (Å²) in [5.74, 6) is -0.789. The van der Waals surface area contributed by atoms with Gasteiger partial charge in [-0.2, -0.15) is 0 Å². The molecule has 118 valence electrons. The predicted molar refractivity (Wildman–Crippen MR) is 77.2 cm³/mol. The van der Waals surface area contributed by atoms with E-state index in [4.69, 9.17) is 0 Å². The summed E-state index contributed by atoms with van der Waals surface area (Å²) >= 11 is 0. The molecule has 2 atom stereocenters. The van der Waals surface area contributed by atoms with E-state index >= 15 is 0 Å². The predicted octanol–water partition coefficient (Wildman–Crippen LogP) is 1.72. The highest BCUT2D eigenvalue weighted by Crippen LogP contribution is 2.20. The molecule has 0 amide bonds. The summed E-state index contributed by atoms with van der Waals surface area (Å²) in [7, 11) is -3.17. The van der Waals surface area contributed by atoms with Gasteiger partial charge >= 0.3 is 0 Å². The van der Waals surface area contributed by atoms with Crippen molar-refractivity contribution in [2.45, 2.75) is 25.9 Å². The zero-order chi connectivity index (χ0) is 15.6. The van der Waals surface area contributed by atoms with E-state index in [0.717, 1.165) is 12.1 Å². The highest BCUT2D eigenvalue weighted by atomic mass is 32.2. The fourth-order valence-corrected chi connectivity index (χ4v) is 3.57. The Morgan fingerprint density at radius 1 is 1.38 bits per heavy atom. The molecule has 1 aromatic carbocycles. The minimum Gasteiger partial charge on any atom is -0.309 e. The van der Waals surface area contributed by atoms with Gasteiger partial charge in [-0.15, -0.1) is 0 Å². The third-order valence-corrected chi connectivity index (χ3v) is 5.17. The van der Waals surface area contributed by atoms with Gasteiger partial charge in [0.05, 0.1) is 6.26 Å². The molecule has 0 bridgehead atoms. The molecule has 1 aliphatic heterocycles. The Labute approximate surface area is 124 Å². The Kier molecular flexibility index (Phi) is 4.95. The van der Waals surface area contributed by atoms with Gasteiger partial charge in [0.2, 0.25) is 10.0 Å². The fourth-order valence-electron chi connectivity index (χ4n) is 2.63. The van der Waals surface area contributed by atoms with E-state index in [0.29, 0.717) is 19.5 Å². The number of nitrogens with one attached hydrogen (secondary N) is 1. The molecule has 1 saturated heterocycles. The van der Waals surface area contributed by atoms with Crippen molar-refractivity contribution in [1.29, 1.82) is 0 Å². The van der Waals surface area contributed by atoms with Crippen LogP contribution in [0.2, 0.25) is 0 Å². The average Bonchev–Trinajstić information content (AvgIpc) is 2.40. The topological polar surface area (TPSA) is 49.4 Å². The second-order valence-electron chi connectivity index (χ2n) is 5.61. The molecule has 0 unspecified atom stereocenters. The van der Waals surface area contributed by atoms with Gasteiger partial charge in [0.15, 0.2) is 0 Å². The Morgan fingerprint density at radius 2 is 2.10 bits per heavy atom. The van der Waals surface area contributed by atoms with Crippen LogP contribution in [0.3, 0.4) is 0 Å². The first-order valence-electron chi connectivity index (χ1n) is 6.90. The lowest BCUT2D eigenvalue weighted by Gasteiger charge is -2.36. The lowest BCUT2D eigenvalue weighted by molar-refractivity contribution is 0.219. The zero-order valence-electron chi connectivity index (χ0n) is 12.1. The van der Waals surface area contributed by atoms with E-state index in [9.17, 15) is 17.2 Å². The second-order valence-corrected chi connectivity index (χ2v) is 7.59. The average molecular weight is 318 g/mol. The first-order chi connectivity index (χ1) is 9.77. The van der Waals surface area contributed by atoms with Crippen LogP contribution in [0.5, 0.6) is 0 Å². The van der Waals surface area contributed by atoms with E-state index in [1.54, 1.807) is 0 Å². The SMILES string of the molecule is C[C@@H]1CN(S(C)(=O)=O)CC[C@@H]1NCc1cc(F)ccc1F. The van der Waals surface area contributed by atoms with Crippen LogP contribution in [-0.2, 0) is 16.6 Å². The van der Waals surface area contributed by atoms with Crippen LogP contribution in [0.4, 0.5) is 8.78 Å². The maximum Gasteiger partial charge on any atom is 0.211 e. The summed E-state index contributed by atoms with van der Waals surface area (Å²) < 4.78 is 51.1. The number of halogens is 2. The molecule has 7 heteroatoms. The van der Waals surface area contributed by atoms with Crippen molar-refractivity contribution in [3.63, 3.8) is 0 Å². The number of piperidine rings is 1. The molecule has 0 radical (unpaired) electrons. The summed E-state index contributed by atoms with van der Waals surface area (Å²) in [5.41, 5.74) is 0.285. The van der Waals surface area contributed by atoms with Crippen molar-refractivity contribution in [2.75, 3.05) is 19.3 Å². The van der Waals surface area contributed by atoms with E-state index in [-0.39, 0.29) is 24.1 Å². The number of rotatable bonds is 4. The Bertz CT molecular complexity index is 607. The monoisotopic (exact) mass is 318 g/mol. The third kappa shape index (κ3) is 4.21. The summed E-state index contributed by atoms with van der Waals surface area (Å²) in [5, 5.41) is 3.20. The van der Waals surface area contributed by atoms with Crippen LogP contribution in [0.15, 0.2) is 18.2 Å². The van der Waals surface area contributed by atoms with Gasteiger partial charge in [-0.3, -0.25) is 0 Å². The quantitative estimate of drug-likeness (QED) is 0.920. The molecule has 1 heterocycles. The molecule has 1 aromatic rings. The van der Waals surface area contributed by atoms with Crippen molar-refractivity contribution in [2.24, 2.45) is 5.92 Å². The Balaban J connectivity index is 1.94. The first-order valence-corrected chi connectivity index (χ1v) is 8.74. The number of sulfonamides is 1. The van der Waals surface area contributed by atoms with Gasteiger partial charge in [-0.25, -0.2) is 21.5 Å². The van der Waals surface area contributed by atoms with E-state index in [1.165, 1.54) is 16.6 Å². The van der Waals surface area contributed by atoms with Crippen molar-refractivity contribution < 1.29 is 17.2 Å². The second kappa shape index (κ2) is 6.37. The molecule has 0 aliphatic carbocycles. The van der Waals surface area contributed by atoms with Gasteiger partial charge in [0.25, 0.3) is 0 Å². The van der Waals surface area contributed by atoms with Crippen LogP contribution < -0.4 is 5.32 Å². The summed E-state index contributed by atoms with van der Waals surface area (Å²) in [6, 6.07) is 3.47. The minimum absolute atomic E-state index is 0.0886. The molecule has 1 N–H and O–H groups in total. The van der Waals surface area contributed by atoms with Gasteiger partial charge < -0.3 is 5.32 Å². The maximum absolute atomic E-state index is 13.5. The molecule has 0 saturated carbocycles. The van der Waals surface area contributed by atoms with Crippen molar-refractivity contribution in [1.82, 2.24) is 9.62 Å². The largest absolute Gasteiger partial charge is 0.309 e. The summed E-state index contributed by atoms with van der Waals surface area (Å²) in [6.45, 7) is 3.09. The molecular weight excluding hydrogens is 298 g/mol. The molecule has 1 fully saturated rings. The Morgan fingerprint density at radius 3 is 2.71 bits per heavy atom. The fraction of sp³-hybridized carbons (Fsp3) is 0.571. The van der Waals surface area contributed by atoms with Crippen molar-refractivity contribution in [3.05, 3.63) is 35.4 Å². The lowest BCUT2D eigenvalue weighted by Crippen LogP contribution is -2.49. The zero-order valence-corrected chi connectivity index (χ0v) is 13.0. The third-order valence-electron chi connectivity index (χ3n) is 3.90. The van der Waals surface area contributed by atoms with Gasteiger partial charge in [-0.05, 0) is 30.5 Å². The van der Waals surface area contributed by atoms with Gasteiger partial charge in [0, 0.05) is 31.2 Å². The van der Waals surface area contributed by atoms with E-state index in [2.05, 4.69) is 5.32 Å². The lowest BCUT2D eigenvalue weighted by atomic mass is 9.95. The molecule has 0 aromatic heterocycles. The summed E-state index contributed by atoms with van der Waals surface area (Å²) in [6.07, 6.45) is 1.86. The molecule has 0 spiro atoms. The van der Waals surface area contributed by atoms with Crippen molar-refractivity contribution in [3.8, 4) is 0 Å². The molecule has 2 rings (SSSR count). The molecule has 21 heavy (non-hydrogen) atoms. The van der Waals surface area contributed by atoms with Crippen LogP contribution in [0.25, 0.3) is 0 Å². The van der Waals surface area contributed by atoms with Gasteiger partial charge in [-0.1, -0.05) is 6.92 Å². The number of nitrogens with zero attached hydrogens (tertiary/aromatic N) is 1. The van der Waals surface area contributed by atoms with Crippen molar-refractivity contribution >= 4 is 10.0 Å². The molecule has 4 nitrogen and oxygen atoms in total. The number of hydrogen-bond donors (Lipinski definition) is 1. The standard InChI is InChI=1S/C14H20F2N2O2S/c1-10-9-18(21(2,19)20)6-5-14(10)17-8-11-7-12(15)3-4-13(11)16/h3-4,7,10,14,17H,5-6,8-9H2,1-2H3/t10-,14+/m1/s1. The maximum atomic E-state index is 13.5. The first kappa shape index (κ1) is 16.3. The van der Waals surface area contributed by atoms with Crippen LogP contribution in [-0.4, -0.2) is 38.1 Å². The van der Waals surface area contributed by atoms with E-state index in [1.807, 2.05) is 6.92 Å². The van der Waals surface area contributed by atoms with Crippen LogP contribution in [0, 0.1) is 17.6 Å². The summed E-state index contributed by atoms with van der Waals surface area (Å²) in [4.78, 5) is 0.